The van der Waals surface area contributed by atoms with Gasteiger partial charge in [-0.05, 0) is 61.1 Å². The lowest BCUT2D eigenvalue weighted by Crippen LogP contribution is -1.87. The highest BCUT2D eigenvalue weighted by Gasteiger charge is 2.01. The molecule has 0 heterocycles. The Balaban J connectivity index is 1.26. The molecule has 0 saturated carbocycles. The van der Waals surface area contributed by atoms with E-state index in [2.05, 4.69) is 0 Å². The number of hydrogen-bond donors (Lipinski definition) is 4. The molecule has 0 amide bonds. The number of phenols is 4. The molecule has 0 aromatic heterocycles. The van der Waals surface area contributed by atoms with Crippen LogP contribution in [-0.4, -0.2) is 20.4 Å². The van der Waals surface area contributed by atoms with Crippen molar-refractivity contribution < 1.29 is 20.4 Å². The molecule has 0 bridgehead atoms. The second-order valence-corrected chi connectivity index (χ2v) is 10.6. The Morgan fingerprint density at radius 1 is 0.278 bits per heavy atom. The van der Waals surface area contributed by atoms with E-state index in [4.69, 9.17) is 0 Å². The highest BCUT2D eigenvalue weighted by atomic mass is 16.3. The normalized spacial score (nSPS) is 11.2. The molecule has 0 atom stereocenters. The lowest BCUT2D eigenvalue weighted by Gasteiger charge is -2.05. The van der Waals surface area contributed by atoms with Gasteiger partial charge >= 0.3 is 0 Å². The quantitative estimate of drug-likeness (QED) is 0.129. The first-order valence-corrected chi connectivity index (χ1v) is 14.6. The molecule has 0 aliphatic heterocycles. The molecule has 4 heteroatoms. The molecule has 4 N–H and O–H groups in total. The van der Waals surface area contributed by atoms with Gasteiger partial charge in [-0.25, -0.2) is 0 Å². The van der Waals surface area contributed by atoms with E-state index in [1.807, 2.05) is 0 Å². The Hall–Kier alpha value is -2.36. The first-order chi connectivity index (χ1) is 17.5. The van der Waals surface area contributed by atoms with Gasteiger partial charge in [0.05, 0.1) is 0 Å². The molecule has 4 nitrogen and oxygen atoms in total. The average molecular weight is 499 g/mol. The van der Waals surface area contributed by atoms with E-state index in [-0.39, 0.29) is 23.0 Å². The SMILES string of the molecule is Oc1cc(O)cc(CCCCCCCCCCCCCCCCCCCCc2cc(O)cc(O)c2)c1. The van der Waals surface area contributed by atoms with Crippen molar-refractivity contribution in [1.82, 2.24) is 0 Å². The molecule has 202 valence electrons. The molecule has 0 unspecified atom stereocenters. The predicted octanol–water partition coefficient (Wildman–Crippen LogP) is 9.32. The first-order valence-electron chi connectivity index (χ1n) is 14.6. The van der Waals surface area contributed by atoms with E-state index in [1.54, 1.807) is 24.3 Å². The maximum Gasteiger partial charge on any atom is 0.119 e. The summed E-state index contributed by atoms with van der Waals surface area (Å²) in [6.45, 7) is 0. The minimum Gasteiger partial charge on any atom is -0.508 e. The van der Waals surface area contributed by atoms with Crippen LogP contribution in [0.5, 0.6) is 23.0 Å². The lowest BCUT2D eigenvalue weighted by molar-refractivity contribution is 0.447. The van der Waals surface area contributed by atoms with Gasteiger partial charge < -0.3 is 20.4 Å². The third kappa shape index (κ3) is 14.9. The van der Waals surface area contributed by atoms with Crippen LogP contribution in [0.2, 0.25) is 0 Å². The van der Waals surface area contributed by atoms with Gasteiger partial charge in [0.1, 0.15) is 23.0 Å². The number of phenolic OH excluding ortho intramolecular Hbond substituents is 4. The van der Waals surface area contributed by atoms with Crippen molar-refractivity contribution in [3.05, 3.63) is 47.5 Å². The molecule has 2 rings (SSSR count). The van der Waals surface area contributed by atoms with Crippen LogP contribution in [0.25, 0.3) is 0 Å². The van der Waals surface area contributed by atoms with Gasteiger partial charge in [-0.1, -0.05) is 103 Å². The standard InChI is InChI=1S/C32H50O4/c33-29-21-27(22-30(34)25-29)19-17-15-13-11-9-7-5-3-1-2-4-6-8-10-12-14-16-18-20-28-23-31(35)26-32(36)24-28/h21-26,33-36H,1-20H2. The Bertz CT molecular complexity index is 723. The molecule has 0 aliphatic rings. The van der Waals surface area contributed by atoms with Gasteiger partial charge in [0.2, 0.25) is 0 Å². The summed E-state index contributed by atoms with van der Waals surface area (Å²) in [6.07, 6.45) is 25.5. The summed E-state index contributed by atoms with van der Waals surface area (Å²) in [5.41, 5.74) is 2.04. The number of aryl methyl sites for hydroxylation is 2. The summed E-state index contributed by atoms with van der Waals surface area (Å²) in [5.74, 6) is 0.607. The van der Waals surface area contributed by atoms with E-state index >= 15 is 0 Å². The van der Waals surface area contributed by atoms with Gasteiger partial charge in [0.25, 0.3) is 0 Å². The van der Waals surface area contributed by atoms with Gasteiger partial charge in [0.15, 0.2) is 0 Å². The molecule has 2 aromatic carbocycles. The van der Waals surface area contributed by atoms with Crippen LogP contribution in [0.15, 0.2) is 36.4 Å². The van der Waals surface area contributed by atoms with Crippen LogP contribution >= 0.6 is 0 Å². The van der Waals surface area contributed by atoms with Crippen LogP contribution in [0.4, 0.5) is 0 Å². The molecule has 0 radical (unpaired) electrons. The molecule has 0 spiro atoms. The number of benzene rings is 2. The molecular formula is C32H50O4. The largest absolute Gasteiger partial charge is 0.508 e. The fourth-order valence-electron chi connectivity index (χ4n) is 5.09. The molecular weight excluding hydrogens is 448 g/mol. The Kier molecular flexibility index (Phi) is 15.6. The van der Waals surface area contributed by atoms with Crippen molar-refractivity contribution in [3.63, 3.8) is 0 Å². The van der Waals surface area contributed by atoms with Crippen molar-refractivity contribution in [1.29, 1.82) is 0 Å². The number of unbranched alkanes of at least 4 members (excludes halogenated alkanes) is 17. The summed E-state index contributed by atoms with van der Waals surface area (Å²) >= 11 is 0. The van der Waals surface area contributed by atoms with Crippen molar-refractivity contribution >= 4 is 0 Å². The third-order valence-electron chi connectivity index (χ3n) is 7.11. The zero-order valence-corrected chi connectivity index (χ0v) is 22.4. The third-order valence-corrected chi connectivity index (χ3v) is 7.11. The summed E-state index contributed by atoms with van der Waals surface area (Å²) in [5, 5.41) is 38.1. The van der Waals surface area contributed by atoms with Gasteiger partial charge in [-0.2, -0.15) is 0 Å². The van der Waals surface area contributed by atoms with E-state index in [0.717, 1.165) is 36.8 Å². The maximum absolute atomic E-state index is 9.52. The number of aromatic hydroxyl groups is 4. The Morgan fingerprint density at radius 3 is 0.694 bits per heavy atom. The fraction of sp³-hybridized carbons (Fsp3) is 0.625. The van der Waals surface area contributed by atoms with E-state index < -0.39 is 0 Å². The van der Waals surface area contributed by atoms with Gasteiger partial charge in [-0.3, -0.25) is 0 Å². The summed E-state index contributed by atoms with van der Waals surface area (Å²) < 4.78 is 0. The molecule has 0 aliphatic carbocycles. The van der Waals surface area contributed by atoms with Crippen LogP contribution in [0.1, 0.15) is 127 Å². The Morgan fingerprint density at radius 2 is 0.472 bits per heavy atom. The van der Waals surface area contributed by atoms with Crippen molar-refractivity contribution in [2.75, 3.05) is 0 Å². The van der Waals surface area contributed by atoms with Crippen LogP contribution in [0.3, 0.4) is 0 Å². The highest BCUT2D eigenvalue weighted by molar-refractivity contribution is 5.37. The number of rotatable bonds is 21. The van der Waals surface area contributed by atoms with Crippen LogP contribution in [0, 0.1) is 0 Å². The summed E-state index contributed by atoms with van der Waals surface area (Å²) in [7, 11) is 0. The molecule has 0 saturated heterocycles. The van der Waals surface area contributed by atoms with E-state index in [9.17, 15) is 20.4 Å². The zero-order chi connectivity index (χ0) is 25.8. The summed E-state index contributed by atoms with van der Waals surface area (Å²) in [6, 6.07) is 9.75. The lowest BCUT2D eigenvalue weighted by atomic mass is 10.0. The summed E-state index contributed by atoms with van der Waals surface area (Å²) in [4.78, 5) is 0. The first kappa shape index (κ1) is 29.9. The average Bonchev–Trinajstić information content (AvgIpc) is 2.81. The monoisotopic (exact) mass is 498 g/mol. The van der Waals surface area contributed by atoms with E-state index in [0.29, 0.717) is 0 Å². The van der Waals surface area contributed by atoms with Crippen LogP contribution < -0.4 is 0 Å². The predicted molar refractivity (Wildman–Crippen MR) is 150 cm³/mol. The minimum atomic E-state index is 0.152. The van der Waals surface area contributed by atoms with Gasteiger partial charge in [0, 0.05) is 12.1 Å². The van der Waals surface area contributed by atoms with Crippen molar-refractivity contribution in [2.24, 2.45) is 0 Å². The fourth-order valence-corrected chi connectivity index (χ4v) is 5.09. The maximum atomic E-state index is 9.52. The van der Waals surface area contributed by atoms with Crippen molar-refractivity contribution in [2.45, 2.75) is 128 Å². The van der Waals surface area contributed by atoms with Gasteiger partial charge in [-0.15, -0.1) is 0 Å². The highest BCUT2D eigenvalue weighted by Crippen LogP contribution is 2.23. The van der Waals surface area contributed by atoms with E-state index in [1.165, 1.54) is 115 Å². The number of hydrogen-bond acceptors (Lipinski definition) is 4. The minimum absolute atomic E-state index is 0.152. The molecule has 36 heavy (non-hydrogen) atoms. The topological polar surface area (TPSA) is 80.9 Å². The zero-order valence-electron chi connectivity index (χ0n) is 22.4. The second kappa shape index (κ2) is 18.8. The smallest absolute Gasteiger partial charge is 0.119 e. The molecule has 0 fully saturated rings. The van der Waals surface area contributed by atoms with Crippen LogP contribution in [-0.2, 0) is 12.8 Å². The molecule has 2 aromatic rings. The van der Waals surface area contributed by atoms with Crippen molar-refractivity contribution in [3.8, 4) is 23.0 Å². The Labute approximate surface area is 219 Å². The second-order valence-electron chi connectivity index (χ2n) is 10.6.